The van der Waals surface area contributed by atoms with E-state index in [1.54, 1.807) is 0 Å². The Morgan fingerprint density at radius 3 is 2.67 bits per heavy atom. The van der Waals surface area contributed by atoms with Crippen molar-refractivity contribution in [1.29, 1.82) is 0 Å². The molecule has 4 heteroatoms. The molecular weight excluding hydrogens is 303 g/mol. The predicted octanol–water partition coefficient (Wildman–Crippen LogP) is 4.69. The van der Waals surface area contributed by atoms with Gasteiger partial charge in [0.15, 0.2) is 0 Å². The van der Waals surface area contributed by atoms with Gasteiger partial charge in [0.25, 0.3) is 0 Å². The summed E-state index contributed by atoms with van der Waals surface area (Å²) in [5, 5.41) is 0.832. The van der Waals surface area contributed by atoms with Crippen LogP contribution < -0.4 is 0 Å². The van der Waals surface area contributed by atoms with E-state index in [0.29, 0.717) is 11.9 Å². The SMILES string of the molecule is ClCCc1nc2cccc(Cl)c2n1C1C2C3CCC(C3)C21. The molecule has 2 aromatic rings. The van der Waals surface area contributed by atoms with E-state index in [-0.39, 0.29) is 0 Å². The van der Waals surface area contributed by atoms with Gasteiger partial charge in [-0.3, -0.25) is 0 Å². The highest BCUT2D eigenvalue weighted by Gasteiger charge is 2.66. The topological polar surface area (TPSA) is 17.8 Å². The van der Waals surface area contributed by atoms with Crippen LogP contribution in [-0.4, -0.2) is 15.4 Å². The lowest BCUT2D eigenvalue weighted by atomic mass is 10.0. The fourth-order valence-electron chi connectivity index (χ4n) is 5.36. The third-order valence-corrected chi connectivity index (χ3v) is 6.54. The standard InChI is InChI=1S/C17H18Cl2N2/c18-7-6-13-20-12-3-1-2-11(19)16(12)21(13)17-14-9-4-5-10(8-9)15(14)17/h1-3,9-10,14-15,17H,4-8H2. The zero-order valence-electron chi connectivity index (χ0n) is 11.8. The van der Waals surface area contributed by atoms with E-state index in [1.807, 2.05) is 12.1 Å². The molecule has 21 heavy (non-hydrogen) atoms. The van der Waals surface area contributed by atoms with E-state index in [2.05, 4.69) is 10.6 Å². The first-order chi connectivity index (χ1) is 10.3. The maximum absolute atomic E-state index is 6.50. The lowest BCUT2D eigenvalue weighted by molar-refractivity contribution is 0.452. The van der Waals surface area contributed by atoms with Gasteiger partial charge in [-0.25, -0.2) is 4.98 Å². The number of alkyl halides is 1. The summed E-state index contributed by atoms with van der Waals surface area (Å²) in [7, 11) is 0. The zero-order chi connectivity index (χ0) is 14.1. The number of aryl methyl sites for hydroxylation is 1. The van der Waals surface area contributed by atoms with Gasteiger partial charge in [-0.2, -0.15) is 0 Å². The average molecular weight is 321 g/mol. The fraction of sp³-hybridized carbons (Fsp3) is 0.588. The second kappa shape index (κ2) is 4.39. The van der Waals surface area contributed by atoms with E-state index in [4.69, 9.17) is 28.2 Å². The van der Waals surface area contributed by atoms with Crippen LogP contribution in [0.1, 0.15) is 31.1 Å². The van der Waals surface area contributed by atoms with Crippen molar-refractivity contribution in [3.05, 3.63) is 29.0 Å². The van der Waals surface area contributed by atoms with Gasteiger partial charge in [0.2, 0.25) is 0 Å². The number of halogens is 2. The molecule has 0 radical (unpaired) electrons. The van der Waals surface area contributed by atoms with Gasteiger partial charge in [0.1, 0.15) is 5.82 Å². The Morgan fingerprint density at radius 2 is 1.95 bits per heavy atom. The van der Waals surface area contributed by atoms with Crippen LogP contribution in [0.5, 0.6) is 0 Å². The second-order valence-corrected chi connectivity index (χ2v) is 7.71. The largest absolute Gasteiger partial charge is 0.323 e. The Kier molecular flexibility index (Phi) is 2.67. The molecule has 3 fully saturated rings. The summed E-state index contributed by atoms with van der Waals surface area (Å²) >= 11 is 12.5. The number of para-hydroxylation sites is 1. The molecule has 3 saturated carbocycles. The van der Waals surface area contributed by atoms with E-state index >= 15 is 0 Å². The third kappa shape index (κ3) is 1.64. The molecule has 0 aliphatic heterocycles. The monoisotopic (exact) mass is 320 g/mol. The molecule has 0 saturated heterocycles. The van der Waals surface area contributed by atoms with Crippen molar-refractivity contribution in [2.75, 3.05) is 5.88 Å². The van der Waals surface area contributed by atoms with Gasteiger partial charge in [-0.15, -0.1) is 11.6 Å². The molecule has 4 atom stereocenters. The van der Waals surface area contributed by atoms with Gasteiger partial charge in [0, 0.05) is 18.3 Å². The molecule has 1 aromatic carbocycles. The van der Waals surface area contributed by atoms with Crippen LogP contribution in [0.15, 0.2) is 18.2 Å². The van der Waals surface area contributed by atoms with Gasteiger partial charge in [-0.1, -0.05) is 17.7 Å². The molecule has 1 aromatic heterocycles. The second-order valence-electron chi connectivity index (χ2n) is 6.92. The van der Waals surface area contributed by atoms with Crippen molar-refractivity contribution in [2.24, 2.45) is 23.7 Å². The first kappa shape index (κ1) is 12.8. The van der Waals surface area contributed by atoms with Crippen molar-refractivity contribution in [2.45, 2.75) is 31.7 Å². The molecule has 1 heterocycles. The van der Waals surface area contributed by atoms with E-state index in [9.17, 15) is 0 Å². The Balaban J connectivity index is 1.67. The normalized spacial score (nSPS) is 36.4. The van der Waals surface area contributed by atoms with Gasteiger partial charge >= 0.3 is 0 Å². The Labute approximate surface area is 134 Å². The van der Waals surface area contributed by atoms with Gasteiger partial charge < -0.3 is 4.57 Å². The molecular formula is C17H18Cl2N2. The third-order valence-electron chi connectivity index (χ3n) is 6.04. The number of benzene rings is 1. The number of fused-ring (bicyclic) bond motifs is 6. The van der Waals surface area contributed by atoms with Crippen molar-refractivity contribution >= 4 is 34.2 Å². The molecule has 2 bridgehead atoms. The summed E-state index contributed by atoms with van der Waals surface area (Å²) in [6.45, 7) is 0. The summed E-state index contributed by atoms with van der Waals surface area (Å²) in [6, 6.07) is 6.69. The van der Waals surface area contributed by atoms with Crippen LogP contribution in [-0.2, 0) is 6.42 Å². The first-order valence-electron chi connectivity index (χ1n) is 8.01. The highest BCUT2D eigenvalue weighted by Crippen LogP contribution is 2.72. The zero-order valence-corrected chi connectivity index (χ0v) is 13.3. The molecule has 2 nitrogen and oxygen atoms in total. The highest BCUT2D eigenvalue weighted by molar-refractivity contribution is 6.35. The summed E-state index contributed by atoms with van der Waals surface area (Å²) in [4.78, 5) is 4.82. The van der Waals surface area contributed by atoms with Crippen LogP contribution in [0, 0.1) is 23.7 Å². The van der Waals surface area contributed by atoms with Gasteiger partial charge in [-0.05, 0) is 55.1 Å². The number of rotatable bonds is 3. The fourth-order valence-corrected chi connectivity index (χ4v) is 5.79. The van der Waals surface area contributed by atoms with Gasteiger partial charge in [0.05, 0.1) is 16.1 Å². The molecule has 0 amide bonds. The van der Waals surface area contributed by atoms with E-state index in [0.717, 1.165) is 52.0 Å². The smallest absolute Gasteiger partial charge is 0.111 e. The summed E-state index contributed by atoms with van der Waals surface area (Å²) in [5.74, 6) is 5.42. The number of aromatic nitrogens is 2. The van der Waals surface area contributed by atoms with Crippen molar-refractivity contribution in [3.8, 4) is 0 Å². The number of hydrogen-bond acceptors (Lipinski definition) is 1. The quantitative estimate of drug-likeness (QED) is 0.750. The average Bonchev–Trinajstić information content (AvgIpc) is 2.83. The minimum absolute atomic E-state index is 0.621. The number of imidazole rings is 1. The maximum Gasteiger partial charge on any atom is 0.111 e. The van der Waals surface area contributed by atoms with Crippen molar-refractivity contribution in [3.63, 3.8) is 0 Å². The molecule has 3 aliphatic rings. The Bertz CT molecular complexity index is 707. The lowest BCUT2D eigenvalue weighted by Crippen LogP contribution is -2.09. The van der Waals surface area contributed by atoms with E-state index in [1.165, 1.54) is 19.3 Å². The molecule has 110 valence electrons. The summed E-state index contributed by atoms with van der Waals surface area (Å²) in [6.07, 6.45) is 5.18. The maximum atomic E-state index is 6.50. The highest BCUT2D eigenvalue weighted by atomic mass is 35.5. The molecule has 5 rings (SSSR count). The minimum atomic E-state index is 0.621. The molecule has 3 aliphatic carbocycles. The summed E-state index contributed by atoms with van der Waals surface area (Å²) < 4.78 is 2.46. The first-order valence-corrected chi connectivity index (χ1v) is 8.92. The predicted molar refractivity (Wildman–Crippen MR) is 86.0 cm³/mol. The van der Waals surface area contributed by atoms with Crippen molar-refractivity contribution < 1.29 is 0 Å². The van der Waals surface area contributed by atoms with Crippen molar-refractivity contribution in [1.82, 2.24) is 9.55 Å². The van der Waals surface area contributed by atoms with E-state index < -0.39 is 0 Å². The molecule has 4 unspecified atom stereocenters. The van der Waals surface area contributed by atoms with Crippen LogP contribution in [0.4, 0.5) is 0 Å². The van der Waals surface area contributed by atoms with Crippen LogP contribution in [0.2, 0.25) is 5.02 Å². The van der Waals surface area contributed by atoms with Crippen LogP contribution >= 0.6 is 23.2 Å². The minimum Gasteiger partial charge on any atom is -0.323 e. The van der Waals surface area contributed by atoms with Crippen LogP contribution in [0.3, 0.4) is 0 Å². The van der Waals surface area contributed by atoms with Crippen LogP contribution in [0.25, 0.3) is 11.0 Å². The molecule has 0 spiro atoms. The Morgan fingerprint density at radius 1 is 1.19 bits per heavy atom. The molecule has 0 N–H and O–H groups in total. The number of hydrogen-bond donors (Lipinski definition) is 0. The lowest BCUT2D eigenvalue weighted by Gasteiger charge is -2.14. The summed E-state index contributed by atoms with van der Waals surface area (Å²) in [5.41, 5.74) is 2.16. The Hall–Kier alpha value is -0.730. The number of nitrogens with zero attached hydrogens (tertiary/aromatic N) is 2.